The zero-order valence-electron chi connectivity index (χ0n) is 27.9. The van der Waals surface area contributed by atoms with E-state index in [2.05, 4.69) is 49.1 Å². The monoisotopic (exact) mass is 656 g/mol. The predicted molar refractivity (Wildman–Crippen MR) is 198 cm³/mol. The third-order valence-corrected chi connectivity index (χ3v) is 9.88. The van der Waals surface area contributed by atoms with Crippen molar-refractivity contribution in [2.45, 2.75) is 45.1 Å². The molecule has 0 fully saturated rings. The van der Waals surface area contributed by atoms with Gasteiger partial charge in [0.05, 0.1) is 17.3 Å². The first-order valence-corrected chi connectivity index (χ1v) is 17.1. The van der Waals surface area contributed by atoms with E-state index in [9.17, 15) is 14.4 Å². The fourth-order valence-electron chi connectivity index (χ4n) is 7.22. The van der Waals surface area contributed by atoms with Gasteiger partial charge in [-0.2, -0.15) is 0 Å². The van der Waals surface area contributed by atoms with Gasteiger partial charge in [-0.15, -0.1) is 0 Å². The average molecular weight is 657 g/mol. The van der Waals surface area contributed by atoms with Gasteiger partial charge in [0.1, 0.15) is 11.5 Å². The van der Waals surface area contributed by atoms with E-state index < -0.39 is 0 Å². The lowest BCUT2D eigenvalue weighted by Gasteiger charge is -2.22. The van der Waals surface area contributed by atoms with Crippen LogP contribution in [-0.4, -0.2) is 17.6 Å². The number of anilines is 2. The molecule has 8 rings (SSSR count). The Bertz CT molecular complexity index is 2200. The Kier molecular flexibility index (Phi) is 8.00. The smallest absolute Gasteiger partial charge is 0.263 e. The first-order valence-electron chi connectivity index (χ1n) is 17.1. The Labute approximate surface area is 292 Å². The second-order valence-electron chi connectivity index (χ2n) is 13.1. The first-order chi connectivity index (χ1) is 24.4. The highest BCUT2D eigenvalue weighted by Gasteiger charge is 2.36. The molecule has 6 heteroatoms. The van der Waals surface area contributed by atoms with Crippen LogP contribution >= 0.6 is 0 Å². The van der Waals surface area contributed by atoms with Crippen LogP contribution in [0.15, 0.2) is 139 Å². The SMILES string of the molecule is C=C1c2ccc(C(=O)c3ccc4c(c3)C(C)N(c3ccc(CC5=CCCC=C5)cc3)C4=O)cc2C(=O)N1c1ccc(OC2=CCCC=C2)cc1. The molecule has 4 aromatic rings. The number of ether oxygens (including phenoxy) is 1. The van der Waals surface area contributed by atoms with Crippen LogP contribution in [0.2, 0.25) is 0 Å². The second-order valence-corrected chi connectivity index (χ2v) is 13.1. The van der Waals surface area contributed by atoms with Gasteiger partial charge < -0.3 is 9.64 Å². The molecule has 2 aliphatic heterocycles. The molecule has 2 amide bonds. The Hall–Kier alpha value is -6.01. The number of fused-ring (bicyclic) bond motifs is 2. The van der Waals surface area contributed by atoms with Gasteiger partial charge in [-0.05, 0) is 122 Å². The maximum absolute atomic E-state index is 13.8. The van der Waals surface area contributed by atoms with E-state index in [4.69, 9.17) is 4.74 Å². The topological polar surface area (TPSA) is 66.9 Å². The number of carbonyl (C=O) groups is 3. The number of hydrogen-bond donors (Lipinski definition) is 0. The van der Waals surface area contributed by atoms with Crippen molar-refractivity contribution in [3.8, 4) is 5.75 Å². The molecule has 0 aromatic heterocycles. The Morgan fingerprint density at radius 3 is 2.12 bits per heavy atom. The van der Waals surface area contributed by atoms with E-state index in [1.165, 1.54) is 11.1 Å². The summed E-state index contributed by atoms with van der Waals surface area (Å²) in [7, 11) is 0. The number of amides is 2. The molecule has 0 radical (unpaired) electrons. The van der Waals surface area contributed by atoms with Crippen LogP contribution in [0.5, 0.6) is 5.75 Å². The summed E-state index contributed by atoms with van der Waals surface area (Å²) in [6.45, 7) is 6.19. The van der Waals surface area contributed by atoms with Crippen LogP contribution in [0.1, 0.15) is 92.0 Å². The largest absolute Gasteiger partial charge is 0.458 e. The molecule has 1 unspecified atom stereocenters. The number of nitrogens with zero attached hydrogens (tertiary/aromatic N) is 2. The van der Waals surface area contributed by atoms with Crippen LogP contribution in [0.4, 0.5) is 11.4 Å². The van der Waals surface area contributed by atoms with Crippen molar-refractivity contribution in [1.82, 2.24) is 0 Å². The van der Waals surface area contributed by atoms with Crippen LogP contribution in [-0.2, 0) is 6.42 Å². The molecule has 50 heavy (non-hydrogen) atoms. The summed E-state index contributed by atoms with van der Waals surface area (Å²) in [5, 5.41) is 0. The van der Waals surface area contributed by atoms with E-state index in [1.54, 1.807) is 40.1 Å². The van der Waals surface area contributed by atoms with E-state index in [0.29, 0.717) is 45.0 Å². The minimum Gasteiger partial charge on any atom is -0.458 e. The number of ketones is 1. The molecule has 1 atom stereocenters. The van der Waals surface area contributed by atoms with Crippen molar-refractivity contribution < 1.29 is 19.1 Å². The molecule has 2 heterocycles. The Morgan fingerprint density at radius 2 is 1.42 bits per heavy atom. The van der Waals surface area contributed by atoms with Gasteiger partial charge in [0.25, 0.3) is 11.8 Å². The first kappa shape index (κ1) is 31.3. The summed E-state index contributed by atoms with van der Waals surface area (Å²) in [6, 6.07) is 25.7. The molecule has 0 saturated carbocycles. The lowest BCUT2D eigenvalue weighted by Crippen LogP contribution is -2.26. The Balaban J connectivity index is 0.988. The van der Waals surface area contributed by atoms with Crippen molar-refractivity contribution >= 4 is 34.7 Å². The minimum absolute atomic E-state index is 0.0820. The fraction of sp³-hybridized carbons (Fsp3) is 0.159. The van der Waals surface area contributed by atoms with Crippen LogP contribution < -0.4 is 14.5 Å². The highest BCUT2D eigenvalue weighted by Crippen LogP contribution is 2.40. The zero-order valence-corrected chi connectivity index (χ0v) is 27.9. The maximum atomic E-state index is 13.8. The number of rotatable bonds is 8. The van der Waals surface area contributed by atoms with Gasteiger partial charge in [-0.3, -0.25) is 19.3 Å². The molecule has 2 aliphatic carbocycles. The quantitative estimate of drug-likeness (QED) is 0.177. The molecule has 0 N–H and O–H groups in total. The van der Waals surface area contributed by atoms with Crippen molar-refractivity contribution in [1.29, 1.82) is 0 Å². The van der Waals surface area contributed by atoms with Gasteiger partial charge >= 0.3 is 0 Å². The molecule has 246 valence electrons. The lowest BCUT2D eigenvalue weighted by atomic mass is 9.95. The molecular weight excluding hydrogens is 620 g/mol. The number of allylic oxidation sites excluding steroid dienone is 7. The van der Waals surface area contributed by atoms with Crippen LogP contribution in [0.3, 0.4) is 0 Å². The van der Waals surface area contributed by atoms with E-state index in [0.717, 1.165) is 49.1 Å². The molecular formula is C44H36N2O4. The second kappa shape index (κ2) is 12.8. The number of carbonyl (C=O) groups excluding carboxylic acids is 3. The fourth-order valence-corrected chi connectivity index (χ4v) is 7.22. The zero-order chi connectivity index (χ0) is 34.4. The third kappa shape index (κ3) is 5.63. The van der Waals surface area contributed by atoms with Crippen molar-refractivity contribution in [3.63, 3.8) is 0 Å². The van der Waals surface area contributed by atoms with Crippen LogP contribution in [0.25, 0.3) is 5.70 Å². The molecule has 0 spiro atoms. The van der Waals surface area contributed by atoms with Gasteiger partial charge in [0.2, 0.25) is 0 Å². The van der Waals surface area contributed by atoms with Gasteiger partial charge in [-0.1, -0.05) is 61.2 Å². The summed E-state index contributed by atoms with van der Waals surface area (Å²) in [6.07, 6.45) is 17.8. The standard InChI is InChI=1S/C44H36N2O4/c1-28-38-23-15-33(27-41(38)44(49)45(28)35-19-21-37(22-20-35)50-36-11-7-4-8-12-36)42(47)32-16-24-39-40(26-32)29(2)46(43(39)48)34-17-13-31(14-18-34)25-30-9-5-3-6-10-30/h5,7,9-24,26-27,29H,1,3-4,6,8,25H2,2H3. The summed E-state index contributed by atoms with van der Waals surface area (Å²) in [5.41, 5.74) is 7.94. The van der Waals surface area contributed by atoms with E-state index in [-0.39, 0.29) is 23.6 Å². The van der Waals surface area contributed by atoms with E-state index in [1.807, 2.05) is 55.5 Å². The van der Waals surface area contributed by atoms with Crippen molar-refractivity contribution in [2.75, 3.05) is 9.80 Å². The maximum Gasteiger partial charge on any atom is 0.263 e. The Morgan fingerprint density at radius 1 is 0.740 bits per heavy atom. The van der Waals surface area contributed by atoms with Gasteiger partial charge in [0, 0.05) is 33.6 Å². The number of benzene rings is 4. The van der Waals surface area contributed by atoms with Gasteiger partial charge in [-0.25, -0.2) is 0 Å². The van der Waals surface area contributed by atoms with E-state index >= 15 is 0 Å². The predicted octanol–water partition coefficient (Wildman–Crippen LogP) is 9.70. The molecule has 4 aromatic carbocycles. The van der Waals surface area contributed by atoms with Crippen molar-refractivity contribution in [2.24, 2.45) is 0 Å². The summed E-state index contributed by atoms with van der Waals surface area (Å²) in [5.74, 6) is 0.951. The minimum atomic E-state index is -0.244. The van der Waals surface area contributed by atoms with Crippen LogP contribution in [0, 0.1) is 0 Å². The number of hydrogen-bond acceptors (Lipinski definition) is 4. The third-order valence-electron chi connectivity index (χ3n) is 9.88. The summed E-state index contributed by atoms with van der Waals surface area (Å²) < 4.78 is 5.95. The summed E-state index contributed by atoms with van der Waals surface area (Å²) >= 11 is 0. The van der Waals surface area contributed by atoms with Crippen molar-refractivity contribution in [3.05, 3.63) is 178 Å². The lowest BCUT2D eigenvalue weighted by molar-refractivity contribution is 0.0987. The van der Waals surface area contributed by atoms with Gasteiger partial charge in [0.15, 0.2) is 5.78 Å². The molecule has 0 saturated heterocycles. The molecule has 0 bridgehead atoms. The summed E-state index contributed by atoms with van der Waals surface area (Å²) in [4.78, 5) is 44.5. The molecule has 4 aliphatic rings. The normalized spacial score (nSPS) is 17.9. The highest BCUT2D eigenvalue weighted by molar-refractivity contribution is 6.23. The average Bonchev–Trinajstić information content (AvgIpc) is 3.55. The molecule has 6 nitrogen and oxygen atoms in total. The highest BCUT2D eigenvalue weighted by atomic mass is 16.5.